The van der Waals surface area contributed by atoms with E-state index in [4.69, 9.17) is 9.47 Å². The Labute approximate surface area is 115 Å². The van der Waals surface area contributed by atoms with Crippen LogP contribution in [0.25, 0.3) is 0 Å². The maximum Gasteiger partial charge on any atom is 0.122 e. The zero-order chi connectivity index (χ0) is 12.5. The van der Waals surface area contributed by atoms with E-state index in [1.54, 1.807) is 7.11 Å². The van der Waals surface area contributed by atoms with E-state index in [2.05, 4.69) is 32.2 Å². The van der Waals surface area contributed by atoms with Crippen molar-refractivity contribution in [1.82, 2.24) is 5.32 Å². The molecule has 0 spiro atoms. The van der Waals surface area contributed by atoms with Crippen LogP contribution in [0.15, 0.2) is 24.3 Å². The minimum atomic E-state index is -0.307. The molecule has 0 aliphatic carbocycles. The van der Waals surface area contributed by atoms with E-state index >= 15 is 0 Å². The van der Waals surface area contributed by atoms with Crippen molar-refractivity contribution in [3.05, 3.63) is 29.8 Å². The summed E-state index contributed by atoms with van der Waals surface area (Å²) in [6, 6.07) is 8.08. The number of ether oxygens (including phenoxy) is 2. The first kappa shape index (κ1) is 15.3. The summed E-state index contributed by atoms with van der Waals surface area (Å²) in [7, 11) is 1.70. The van der Waals surface area contributed by atoms with Gasteiger partial charge in [-0.05, 0) is 32.4 Å². The van der Waals surface area contributed by atoms with Crippen LogP contribution >= 0.6 is 12.4 Å². The summed E-state index contributed by atoms with van der Waals surface area (Å²) < 4.78 is 11.3. The van der Waals surface area contributed by atoms with Gasteiger partial charge in [0, 0.05) is 12.0 Å². The molecule has 0 saturated carbocycles. The molecular formula is C14H22ClNO2. The SMILES string of the molecule is COc1ccccc1CC1(C)NC(C)(C)CO1.Cl. The Morgan fingerprint density at radius 3 is 2.50 bits per heavy atom. The molecule has 3 nitrogen and oxygen atoms in total. The Morgan fingerprint density at radius 2 is 1.94 bits per heavy atom. The Morgan fingerprint density at radius 1 is 1.28 bits per heavy atom. The second-order valence-corrected chi connectivity index (χ2v) is 5.52. The van der Waals surface area contributed by atoms with Crippen LogP contribution in [-0.2, 0) is 11.2 Å². The Hall–Kier alpha value is -0.770. The molecule has 1 aromatic carbocycles. The first-order valence-corrected chi connectivity index (χ1v) is 5.99. The lowest BCUT2D eigenvalue weighted by Gasteiger charge is -2.27. The molecule has 1 aromatic rings. The summed E-state index contributed by atoms with van der Waals surface area (Å²) in [6.07, 6.45) is 0.806. The monoisotopic (exact) mass is 271 g/mol. The Kier molecular flexibility index (Phi) is 4.65. The smallest absolute Gasteiger partial charge is 0.122 e. The van der Waals surface area contributed by atoms with Gasteiger partial charge in [-0.2, -0.15) is 0 Å². The highest BCUT2D eigenvalue weighted by Gasteiger charge is 2.40. The average Bonchev–Trinajstić information content (AvgIpc) is 2.53. The number of halogens is 1. The van der Waals surface area contributed by atoms with Crippen molar-refractivity contribution in [2.24, 2.45) is 0 Å². The lowest BCUT2D eigenvalue weighted by Crippen LogP contribution is -2.47. The van der Waals surface area contributed by atoms with Crippen molar-refractivity contribution in [3.8, 4) is 5.75 Å². The van der Waals surface area contributed by atoms with Gasteiger partial charge in [0.05, 0.1) is 13.7 Å². The van der Waals surface area contributed by atoms with Crippen molar-refractivity contribution in [2.75, 3.05) is 13.7 Å². The highest BCUT2D eigenvalue weighted by molar-refractivity contribution is 5.85. The fourth-order valence-corrected chi connectivity index (χ4v) is 2.44. The molecule has 0 bridgehead atoms. The first-order valence-electron chi connectivity index (χ1n) is 5.99. The van der Waals surface area contributed by atoms with Crippen LogP contribution < -0.4 is 10.1 Å². The van der Waals surface area contributed by atoms with Crippen molar-refractivity contribution in [3.63, 3.8) is 0 Å². The van der Waals surface area contributed by atoms with Gasteiger partial charge in [0.25, 0.3) is 0 Å². The molecule has 1 fully saturated rings. The van der Waals surface area contributed by atoms with Gasteiger partial charge >= 0.3 is 0 Å². The van der Waals surface area contributed by atoms with E-state index in [0.29, 0.717) is 0 Å². The summed E-state index contributed by atoms with van der Waals surface area (Å²) in [6.45, 7) is 7.13. The zero-order valence-corrected chi connectivity index (χ0v) is 12.3. The Balaban J connectivity index is 0.00000162. The molecule has 2 rings (SSSR count). The van der Waals surface area contributed by atoms with E-state index < -0.39 is 0 Å². The van der Waals surface area contributed by atoms with Gasteiger partial charge in [0.15, 0.2) is 0 Å². The molecule has 18 heavy (non-hydrogen) atoms. The van der Waals surface area contributed by atoms with Crippen LogP contribution in [0.2, 0.25) is 0 Å². The van der Waals surface area contributed by atoms with E-state index in [0.717, 1.165) is 18.8 Å². The zero-order valence-electron chi connectivity index (χ0n) is 11.4. The van der Waals surface area contributed by atoms with E-state index in [-0.39, 0.29) is 23.7 Å². The molecule has 1 aliphatic rings. The molecule has 1 N–H and O–H groups in total. The Bertz CT molecular complexity index is 409. The fraction of sp³-hybridized carbons (Fsp3) is 0.571. The molecule has 1 atom stereocenters. The normalized spacial score (nSPS) is 25.6. The maximum atomic E-state index is 5.89. The predicted molar refractivity (Wildman–Crippen MR) is 75.5 cm³/mol. The number of rotatable bonds is 3. The third-order valence-corrected chi connectivity index (χ3v) is 3.07. The number of benzene rings is 1. The molecule has 1 aliphatic heterocycles. The van der Waals surface area contributed by atoms with E-state index in [1.807, 2.05) is 18.2 Å². The van der Waals surface area contributed by atoms with E-state index in [9.17, 15) is 0 Å². The highest BCUT2D eigenvalue weighted by atomic mass is 35.5. The maximum absolute atomic E-state index is 5.89. The molecule has 1 unspecified atom stereocenters. The van der Waals surface area contributed by atoms with Crippen LogP contribution in [0, 0.1) is 0 Å². The number of para-hydroxylation sites is 1. The fourth-order valence-electron chi connectivity index (χ4n) is 2.44. The second kappa shape index (κ2) is 5.47. The van der Waals surface area contributed by atoms with Crippen LogP contribution in [-0.4, -0.2) is 25.0 Å². The summed E-state index contributed by atoms with van der Waals surface area (Å²) in [5, 5.41) is 3.53. The van der Waals surface area contributed by atoms with Crippen LogP contribution in [0.1, 0.15) is 26.3 Å². The number of hydrogen-bond acceptors (Lipinski definition) is 3. The van der Waals surface area contributed by atoms with Crippen LogP contribution in [0.3, 0.4) is 0 Å². The van der Waals surface area contributed by atoms with Gasteiger partial charge in [0.1, 0.15) is 11.5 Å². The van der Waals surface area contributed by atoms with Crippen molar-refractivity contribution >= 4 is 12.4 Å². The van der Waals surface area contributed by atoms with Gasteiger partial charge in [-0.15, -0.1) is 12.4 Å². The van der Waals surface area contributed by atoms with Crippen molar-refractivity contribution in [1.29, 1.82) is 0 Å². The number of methoxy groups -OCH3 is 1. The summed E-state index contributed by atoms with van der Waals surface area (Å²) in [5.41, 5.74) is 0.900. The highest BCUT2D eigenvalue weighted by Crippen LogP contribution is 2.29. The molecule has 1 heterocycles. The molecule has 0 radical (unpaired) electrons. The average molecular weight is 272 g/mol. The standard InChI is InChI=1S/C14H21NO2.ClH/c1-13(2)10-17-14(3,15-13)9-11-7-5-6-8-12(11)16-4;/h5-8,15H,9-10H2,1-4H3;1H. The minimum Gasteiger partial charge on any atom is -0.496 e. The quantitative estimate of drug-likeness (QED) is 0.917. The van der Waals surface area contributed by atoms with Crippen LogP contribution in [0.4, 0.5) is 0 Å². The molecule has 1 saturated heterocycles. The summed E-state index contributed by atoms with van der Waals surface area (Å²) in [4.78, 5) is 0. The molecule has 0 aromatic heterocycles. The topological polar surface area (TPSA) is 30.5 Å². The molecule has 102 valence electrons. The third-order valence-electron chi connectivity index (χ3n) is 3.07. The summed E-state index contributed by atoms with van der Waals surface area (Å²) >= 11 is 0. The van der Waals surface area contributed by atoms with Crippen molar-refractivity contribution in [2.45, 2.75) is 38.5 Å². The van der Waals surface area contributed by atoms with Crippen LogP contribution in [0.5, 0.6) is 5.75 Å². The lowest BCUT2D eigenvalue weighted by molar-refractivity contribution is 0.00629. The first-order chi connectivity index (χ1) is 7.94. The van der Waals surface area contributed by atoms with Gasteiger partial charge < -0.3 is 9.47 Å². The largest absolute Gasteiger partial charge is 0.496 e. The third kappa shape index (κ3) is 3.37. The number of nitrogens with one attached hydrogen (secondary N) is 1. The molecule has 0 amide bonds. The molecule has 4 heteroatoms. The summed E-state index contributed by atoms with van der Waals surface area (Å²) in [5.74, 6) is 0.920. The minimum absolute atomic E-state index is 0. The van der Waals surface area contributed by atoms with Gasteiger partial charge in [-0.1, -0.05) is 18.2 Å². The number of hydrogen-bond donors (Lipinski definition) is 1. The van der Waals surface area contributed by atoms with Gasteiger partial charge in [-0.3, -0.25) is 5.32 Å². The van der Waals surface area contributed by atoms with Crippen molar-refractivity contribution < 1.29 is 9.47 Å². The van der Waals surface area contributed by atoms with Gasteiger partial charge in [-0.25, -0.2) is 0 Å². The lowest BCUT2D eigenvalue weighted by atomic mass is 10.0. The van der Waals surface area contributed by atoms with Gasteiger partial charge in [0.2, 0.25) is 0 Å². The van der Waals surface area contributed by atoms with E-state index in [1.165, 1.54) is 5.56 Å². The second-order valence-electron chi connectivity index (χ2n) is 5.52. The molecular weight excluding hydrogens is 250 g/mol. The predicted octanol–water partition coefficient (Wildman–Crippen LogP) is 2.77.